The van der Waals surface area contributed by atoms with Gasteiger partial charge in [0.1, 0.15) is 11.5 Å². The Morgan fingerprint density at radius 2 is 1.60 bits per heavy atom. The molecule has 1 saturated heterocycles. The molecule has 0 spiro atoms. The maximum Gasteiger partial charge on any atom is 0.229 e. The van der Waals surface area contributed by atoms with Crippen LogP contribution in [0.5, 0.6) is 11.5 Å². The number of nitrogens with one attached hydrogen (secondary N) is 1. The van der Waals surface area contributed by atoms with Crippen molar-refractivity contribution >= 4 is 23.2 Å². The topological polar surface area (TPSA) is 58.6 Å². The van der Waals surface area contributed by atoms with Crippen molar-refractivity contribution in [2.24, 2.45) is 5.92 Å². The number of ether oxygens (including phenoxy) is 1. The van der Waals surface area contributed by atoms with Crippen LogP contribution in [0.25, 0.3) is 0 Å². The zero-order valence-corrected chi connectivity index (χ0v) is 17.1. The van der Waals surface area contributed by atoms with E-state index < -0.39 is 0 Å². The van der Waals surface area contributed by atoms with Gasteiger partial charge in [-0.15, -0.1) is 0 Å². The number of carbonyl (C=O) groups is 2. The number of nitrogens with zero attached hydrogens (tertiary/aromatic N) is 1. The minimum Gasteiger partial charge on any atom is -0.457 e. The Labute approximate surface area is 176 Å². The summed E-state index contributed by atoms with van der Waals surface area (Å²) in [5.74, 6) is 0.909. The van der Waals surface area contributed by atoms with Gasteiger partial charge in [-0.25, -0.2) is 0 Å². The number of hydrogen-bond donors (Lipinski definition) is 1. The monoisotopic (exact) mass is 400 g/mol. The first kappa shape index (κ1) is 19.7. The molecule has 0 aliphatic carbocycles. The zero-order valence-electron chi connectivity index (χ0n) is 17.1. The maximum atomic E-state index is 12.7. The Kier molecular flexibility index (Phi) is 5.53. The molecule has 1 N–H and O–H groups in total. The van der Waals surface area contributed by atoms with Gasteiger partial charge in [0.2, 0.25) is 11.8 Å². The van der Waals surface area contributed by atoms with E-state index in [0.29, 0.717) is 18.0 Å². The average molecular weight is 400 g/mol. The Morgan fingerprint density at radius 1 is 0.933 bits per heavy atom. The van der Waals surface area contributed by atoms with Gasteiger partial charge in [-0.05, 0) is 67.9 Å². The van der Waals surface area contributed by atoms with Crippen molar-refractivity contribution in [3.05, 3.63) is 83.9 Å². The van der Waals surface area contributed by atoms with E-state index in [9.17, 15) is 9.59 Å². The van der Waals surface area contributed by atoms with Crippen LogP contribution in [0, 0.1) is 19.8 Å². The van der Waals surface area contributed by atoms with Gasteiger partial charge < -0.3 is 15.0 Å². The fourth-order valence-electron chi connectivity index (χ4n) is 3.52. The summed E-state index contributed by atoms with van der Waals surface area (Å²) in [6, 6.07) is 22.8. The van der Waals surface area contributed by atoms with Crippen LogP contribution in [0.15, 0.2) is 72.8 Å². The van der Waals surface area contributed by atoms with Crippen molar-refractivity contribution < 1.29 is 14.3 Å². The van der Waals surface area contributed by atoms with Crippen LogP contribution in [-0.2, 0) is 9.59 Å². The summed E-state index contributed by atoms with van der Waals surface area (Å²) in [6.07, 6.45) is 0.217. The summed E-state index contributed by atoms with van der Waals surface area (Å²) >= 11 is 0. The number of hydrogen-bond acceptors (Lipinski definition) is 3. The van der Waals surface area contributed by atoms with Crippen LogP contribution in [0.2, 0.25) is 0 Å². The smallest absolute Gasteiger partial charge is 0.229 e. The third-order valence-electron chi connectivity index (χ3n) is 5.19. The van der Waals surface area contributed by atoms with Gasteiger partial charge in [-0.1, -0.05) is 29.8 Å². The minimum absolute atomic E-state index is 0.0254. The normalized spacial score (nSPS) is 15.9. The maximum absolute atomic E-state index is 12.7. The highest BCUT2D eigenvalue weighted by Gasteiger charge is 2.35. The van der Waals surface area contributed by atoms with Gasteiger partial charge in [0.05, 0.1) is 5.92 Å². The first-order valence-corrected chi connectivity index (χ1v) is 10.0. The van der Waals surface area contributed by atoms with Crippen molar-refractivity contribution in [1.82, 2.24) is 0 Å². The van der Waals surface area contributed by atoms with Crippen LogP contribution in [0.1, 0.15) is 17.5 Å². The number of carbonyl (C=O) groups excluding carboxylic acids is 2. The second-order valence-electron chi connectivity index (χ2n) is 7.67. The van der Waals surface area contributed by atoms with Gasteiger partial charge in [-0.3, -0.25) is 9.59 Å². The Hall–Kier alpha value is -3.60. The van der Waals surface area contributed by atoms with Crippen LogP contribution in [0.4, 0.5) is 11.4 Å². The molecule has 0 unspecified atom stereocenters. The van der Waals surface area contributed by atoms with E-state index in [1.54, 1.807) is 17.0 Å². The van der Waals surface area contributed by atoms with Gasteiger partial charge >= 0.3 is 0 Å². The SMILES string of the molecule is Cc1ccc(Oc2ccc(NC(=O)[C@H]3CC(=O)N(c4cccc(C)c4)C3)cc2)cc1. The van der Waals surface area contributed by atoms with E-state index in [1.165, 1.54) is 5.56 Å². The molecule has 5 heteroatoms. The van der Waals surface area contributed by atoms with Gasteiger partial charge in [0.15, 0.2) is 0 Å². The van der Waals surface area contributed by atoms with Crippen LogP contribution in [-0.4, -0.2) is 18.4 Å². The summed E-state index contributed by atoms with van der Waals surface area (Å²) in [7, 11) is 0. The quantitative estimate of drug-likeness (QED) is 0.649. The van der Waals surface area contributed by atoms with Crippen LogP contribution >= 0.6 is 0 Å². The number of benzene rings is 3. The van der Waals surface area contributed by atoms with E-state index in [2.05, 4.69) is 5.32 Å². The molecule has 1 aliphatic heterocycles. The summed E-state index contributed by atoms with van der Waals surface area (Å²) in [4.78, 5) is 26.8. The Morgan fingerprint density at radius 3 is 2.27 bits per heavy atom. The molecule has 30 heavy (non-hydrogen) atoms. The minimum atomic E-state index is -0.374. The standard InChI is InChI=1S/C25H24N2O3/c1-17-6-10-22(11-7-17)30-23-12-8-20(9-13-23)26-25(29)19-15-24(28)27(16-19)21-5-3-4-18(2)14-21/h3-14,19H,15-16H2,1-2H3,(H,26,29)/t19-/m0/s1. The molecule has 4 rings (SSSR count). The van der Waals surface area contributed by atoms with E-state index >= 15 is 0 Å². The molecule has 0 saturated carbocycles. The molecule has 1 aliphatic rings. The number of amides is 2. The van der Waals surface area contributed by atoms with Crippen molar-refractivity contribution in [3.8, 4) is 11.5 Å². The molecule has 1 fully saturated rings. The Balaban J connectivity index is 1.37. The molecule has 1 heterocycles. The number of anilines is 2. The molecule has 3 aromatic carbocycles. The second kappa shape index (κ2) is 8.41. The first-order valence-electron chi connectivity index (χ1n) is 10.0. The summed E-state index contributed by atoms with van der Waals surface area (Å²) in [6.45, 7) is 4.41. The third kappa shape index (κ3) is 4.51. The summed E-state index contributed by atoms with van der Waals surface area (Å²) in [5, 5.41) is 2.91. The predicted molar refractivity (Wildman–Crippen MR) is 118 cm³/mol. The lowest BCUT2D eigenvalue weighted by Crippen LogP contribution is -2.28. The van der Waals surface area contributed by atoms with Crippen molar-refractivity contribution in [2.75, 3.05) is 16.8 Å². The lowest BCUT2D eigenvalue weighted by atomic mass is 10.1. The molecular formula is C25H24N2O3. The van der Waals surface area contributed by atoms with E-state index in [0.717, 1.165) is 17.0 Å². The van der Waals surface area contributed by atoms with Crippen molar-refractivity contribution in [2.45, 2.75) is 20.3 Å². The van der Waals surface area contributed by atoms with Crippen LogP contribution in [0.3, 0.4) is 0 Å². The lowest BCUT2D eigenvalue weighted by molar-refractivity contribution is -0.122. The molecule has 5 nitrogen and oxygen atoms in total. The molecule has 2 amide bonds. The first-order chi connectivity index (χ1) is 14.5. The molecule has 1 atom stereocenters. The zero-order chi connectivity index (χ0) is 21.1. The third-order valence-corrected chi connectivity index (χ3v) is 5.19. The Bertz CT molecular complexity index is 1060. The molecule has 0 radical (unpaired) electrons. The van der Waals surface area contributed by atoms with Gasteiger partial charge in [0.25, 0.3) is 0 Å². The number of aryl methyl sites for hydroxylation is 2. The fourth-order valence-corrected chi connectivity index (χ4v) is 3.52. The van der Waals surface area contributed by atoms with Crippen LogP contribution < -0.4 is 15.0 Å². The number of rotatable bonds is 5. The summed E-state index contributed by atoms with van der Waals surface area (Å²) in [5.41, 5.74) is 3.78. The van der Waals surface area contributed by atoms with Crippen molar-refractivity contribution in [1.29, 1.82) is 0 Å². The fraction of sp³-hybridized carbons (Fsp3) is 0.200. The molecular weight excluding hydrogens is 376 g/mol. The van der Waals surface area contributed by atoms with E-state index in [4.69, 9.17) is 4.74 Å². The lowest BCUT2D eigenvalue weighted by Gasteiger charge is -2.17. The van der Waals surface area contributed by atoms with Gasteiger partial charge in [0, 0.05) is 24.3 Å². The van der Waals surface area contributed by atoms with Crippen molar-refractivity contribution in [3.63, 3.8) is 0 Å². The summed E-state index contributed by atoms with van der Waals surface area (Å²) < 4.78 is 5.82. The second-order valence-corrected chi connectivity index (χ2v) is 7.67. The highest BCUT2D eigenvalue weighted by molar-refractivity contribution is 6.03. The molecule has 0 aromatic heterocycles. The van der Waals surface area contributed by atoms with Gasteiger partial charge in [-0.2, -0.15) is 0 Å². The molecule has 0 bridgehead atoms. The predicted octanol–water partition coefficient (Wildman–Crippen LogP) is 5.09. The largest absolute Gasteiger partial charge is 0.457 e. The van der Waals surface area contributed by atoms with E-state index in [1.807, 2.05) is 74.5 Å². The highest BCUT2D eigenvalue weighted by Crippen LogP contribution is 2.27. The molecule has 3 aromatic rings. The highest BCUT2D eigenvalue weighted by atomic mass is 16.5. The molecule has 152 valence electrons. The average Bonchev–Trinajstić information content (AvgIpc) is 3.13. The van der Waals surface area contributed by atoms with E-state index in [-0.39, 0.29) is 24.2 Å².